The van der Waals surface area contributed by atoms with Crippen molar-refractivity contribution in [2.24, 2.45) is 5.92 Å². The van der Waals surface area contributed by atoms with E-state index < -0.39 is 17.9 Å². The quantitative estimate of drug-likeness (QED) is 0.724. The summed E-state index contributed by atoms with van der Waals surface area (Å²) >= 11 is 0. The van der Waals surface area contributed by atoms with Crippen LogP contribution in [0.25, 0.3) is 0 Å². The van der Waals surface area contributed by atoms with Gasteiger partial charge in [-0.3, -0.25) is 9.59 Å². The first kappa shape index (κ1) is 16.0. The van der Waals surface area contributed by atoms with Crippen LogP contribution in [0.1, 0.15) is 30.5 Å². The van der Waals surface area contributed by atoms with Crippen LogP contribution < -0.4 is 10.6 Å². The van der Waals surface area contributed by atoms with E-state index in [1.165, 1.54) is 0 Å². The van der Waals surface area contributed by atoms with Gasteiger partial charge >= 0.3 is 11.9 Å². The summed E-state index contributed by atoms with van der Waals surface area (Å²) in [4.78, 5) is 32.2. The molecule has 1 atom stereocenters. The van der Waals surface area contributed by atoms with Gasteiger partial charge in [0.2, 0.25) is 5.95 Å². The van der Waals surface area contributed by atoms with E-state index in [1.54, 1.807) is 6.92 Å². The highest BCUT2D eigenvalue weighted by atomic mass is 16.4. The third-order valence-electron chi connectivity index (χ3n) is 3.87. The van der Waals surface area contributed by atoms with E-state index in [1.807, 2.05) is 4.90 Å². The van der Waals surface area contributed by atoms with Crippen molar-refractivity contribution in [3.8, 4) is 0 Å². The molecule has 1 aromatic heterocycles. The summed E-state index contributed by atoms with van der Waals surface area (Å²) in [6.07, 6.45) is 1.65. The summed E-state index contributed by atoms with van der Waals surface area (Å²) < 4.78 is 0. The van der Waals surface area contributed by atoms with Crippen LogP contribution in [0, 0.1) is 12.8 Å². The van der Waals surface area contributed by atoms with Gasteiger partial charge in [0, 0.05) is 30.8 Å². The van der Waals surface area contributed by atoms with Gasteiger partial charge in [-0.1, -0.05) is 0 Å². The van der Waals surface area contributed by atoms with Crippen LogP contribution in [0.2, 0.25) is 0 Å². The molecule has 1 aliphatic rings. The van der Waals surface area contributed by atoms with Crippen LogP contribution in [-0.2, 0) is 16.0 Å². The molecule has 8 heteroatoms. The molecule has 2 heterocycles. The second-order valence-electron chi connectivity index (χ2n) is 5.49. The Kier molecular flexibility index (Phi) is 4.79. The number of rotatable bonds is 5. The molecule has 0 saturated carbocycles. The van der Waals surface area contributed by atoms with Crippen LogP contribution >= 0.6 is 0 Å². The van der Waals surface area contributed by atoms with Crippen molar-refractivity contribution >= 4 is 23.7 Å². The van der Waals surface area contributed by atoms with Crippen molar-refractivity contribution in [2.45, 2.75) is 32.6 Å². The SMILES string of the molecule is Cc1nc(N)nc(N2CCC[C@@H](C(=O)O)C2)c1CCC(=O)O. The molecule has 1 aliphatic heterocycles. The van der Waals surface area contributed by atoms with E-state index in [2.05, 4.69) is 9.97 Å². The fraction of sp³-hybridized carbons (Fsp3) is 0.571. The predicted octanol–water partition coefficient (Wildman–Crippen LogP) is 0.685. The molecule has 0 spiro atoms. The highest BCUT2D eigenvalue weighted by Crippen LogP contribution is 2.28. The van der Waals surface area contributed by atoms with E-state index in [0.29, 0.717) is 37.4 Å². The number of carboxylic acids is 2. The molecule has 1 saturated heterocycles. The molecule has 4 N–H and O–H groups in total. The Hall–Kier alpha value is -2.38. The van der Waals surface area contributed by atoms with Gasteiger partial charge in [0.1, 0.15) is 5.82 Å². The summed E-state index contributed by atoms with van der Waals surface area (Å²) in [5.74, 6) is -1.49. The lowest BCUT2D eigenvalue weighted by Gasteiger charge is -2.33. The topological polar surface area (TPSA) is 130 Å². The smallest absolute Gasteiger partial charge is 0.308 e. The molecule has 0 aromatic carbocycles. The minimum Gasteiger partial charge on any atom is -0.481 e. The van der Waals surface area contributed by atoms with E-state index >= 15 is 0 Å². The molecule has 2 rings (SSSR count). The number of aromatic nitrogens is 2. The van der Waals surface area contributed by atoms with E-state index in [-0.39, 0.29) is 12.4 Å². The summed E-state index contributed by atoms with van der Waals surface area (Å²) in [7, 11) is 0. The van der Waals surface area contributed by atoms with E-state index in [9.17, 15) is 14.7 Å². The predicted molar refractivity (Wildman–Crippen MR) is 79.7 cm³/mol. The maximum atomic E-state index is 11.2. The number of piperidine rings is 1. The van der Waals surface area contributed by atoms with Crippen molar-refractivity contribution in [3.05, 3.63) is 11.3 Å². The Bertz CT molecular complexity index is 590. The van der Waals surface area contributed by atoms with Gasteiger partial charge in [0.05, 0.1) is 5.92 Å². The van der Waals surface area contributed by atoms with Crippen molar-refractivity contribution in [2.75, 3.05) is 23.7 Å². The molecule has 0 unspecified atom stereocenters. The molecule has 1 fully saturated rings. The van der Waals surface area contributed by atoms with E-state index in [0.717, 1.165) is 12.0 Å². The number of nitrogen functional groups attached to an aromatic ring is 1. The molecule has 8 nitrogen and oxygen atoms in total. The van der Waals surface area contributed by atoms with E-state index in [4.69, 9.17) is 10.8 Å². The maximum absolute atomic E-state index is 11.2. The number of hydrogen-bond donors (Lipinski definition) is 3. The zero-order valence-electron chi connectivity index (χ0n) is 12.4. The third kappa shape index (κ3) is 3.63. The van der Waals surface area contributed by atoms with Gasteiger partial charge in [-0.25, -0.2) is 4.98 Å². The van der Waals surface area contributed by atoms with Crippen LogP contribution in [0.15, 0.2) is 0 Å². The van der Waals surface area contributed by atoms with Gasteiger partial charge < -0.3 is 20.8 Å². The highest BCUT2D eigenvalue weighted by Gasteiger charge is 2.28. The standard InChI is InChI=1S/C14H20N4O4/c1-8-10(4-5-11(19)20)12(17-14(15)16-8)18-6-2-3-9(7-18)13(21)22/h9H,2-7H2,1H3,(H,19,20)(H,21,22)(H2,15,16,17)/t9-/m1/s1. The summed E-state index contributed by atoms with van der Waals surface area (Å²) in [6.45, 7) is 2.79. The van der Waals surface area contributed by atoms with Crippen molar-refractivity contribution in [3.63, 3.8) is 0 Å². The minimum absolute atomic E-state index is 0.0304. The lowest BCUT2D eigenvalue weighted by atomic mass is 9.97. The first-order chi connectivity index (χ1) is 10.4. The second-order valence-corrected chi connectivity index (χ2v) is 5.49. The molecular weight excluding hydrogens is 288 g/mol. The van der Waals surface area contributed by atoms with Crippen LogP contribution in [0.4, 0.5) is 11.8 Å². The summed E-state index contributed by atoms with van der Waals surface area (Å²) in [6, 6.07) is 0. The molecule has 0 amide bonds. The van der Waals surface area contributed by atoms with Gasteiger partial charge in [-0.15, -0.1) is 0 Å². The Morgan fingerprint density at radius 2 is 2.09 bits per heavy atom. The number of carboxylic acid groups (broad SMARTS) is 2. The molecule has 0 radical (unpaired) electrons. The van der Waals surface area contributed by atoms with Crippen LogP contribution in [0.3, 0.4) is 0 Å². The number of hydrogen-bond acceptors (Lipinski definition) is 6. The molecule has 120 valence electrons. The average Bonchev–Trinajstić information content (AvgIpc) is 2.45. The number of nitrogens with two attached hydrogens (primary N) is 1. The number of aryl methyl sites for hydroxylation is 1. The molecular formula is C14H20N4O4. The lowest BCUT2D eigenvalue weighted by Crippen LogP contribution is -2.40. The van der Waals surface area contributed by atoms with Crippen molar-refractivity contribution in [1.29, 1.82) is 0 Å². The first-order valence-corrected chi connectivity index (χ1v) is 7.21. The number of carbonyl (C=O) groups is 2. The average molecular weight is 308 g/mol. The maximum Gasteiger partial charge on any atom is 0.308 e. The minimum atomic E-state index is -0.899. The van der Waals surface area contributed by atoms with Gasteiger partial charge in [-0.2, -0.15) is 4.98 Å². The fourth-order valence-electron chi connectivity index (χ4n) is 2.76. The zero-order valence-corrected chi connectivity index (χ0v) is 12.4. The lowest BCUT2D eigenvalue weighted by molar-refractivity contribution is -0.142. The van der Waals surface area contributed by atoms with Crippen LogP contribution in [0.5, 0.6) is 0 Å². The summed E-state index contributed by atoms with van der Waals surface area (Å²) in [5, 5.41) is 18.1. The fourth-order valence-corrected chi connectivity index (χ4v) is 2.76. The second kappa shape index (κ2) is 6.59. The molecule has 0 bridgehead atoms. The molecule has 0 aliphatic carbocycles. The summed E-state index contributed by atoms with van der Waals surface area (Å²) in [5.41, 5.74) is 7.07. The largest absolute Gasteiger partial charge is 0.481 e. The van der Waals surface area contributed by atoms with Gasteiger partial charge in [-0.05, 0) is 26.2 Å². The normalized spacial score (nSPS) is 18.2. The van der Waals surface area contributed by atoms with Gasteiger partial charge in [0.15, 0.2) is 0 Å². The van der Waals surface area contributed by atoms with Crippen molar-refractivity contribution < 1.29 is 19.8 Å². The first-order valence-electron chi connectivity index (χ1n) is 7.21. The van der Waals surface area contributed by atoms with Crippen molar-refractivity contribution in [1.82, 2.24) is 9.97 Å². The van der Waals surface area contributed by atoms with Crippen LogP contribution in [-0.4, -0.2) is 45.2 Å². The molecule has 22 heavy (non-hydrogen) atoms. The Balaban J connectivity index is 2.31. The Labute approximate surface area is 128 Å². The number of anilines is 2. The number of nitrogens with zero attached hydrogens (tertiary/aromatic N) is 3. The van der Waals surface area contributed by atoms with Gasteiger partial charge in [0.25, 0.3) is 0 Å². The Morgan fingerprint density at radius 3 is 2.73 bits per heavy atom. The highest BCUT2D eigenvalue weighted by molar-refractivity contribution is 5.71. The zero-order chi connectivity index (χ0) is 16.3. The monoisotopic (exact) mass is 308 g/mol. The number of aliphatic carboxylic acids is 2. The Morgan fingerprint density at radius 1 is 1.36 bits per heavy atom. The molecule has 1 aromatic rings. The third-order valence-corrected chi connectivity index (χ3v) is 3.87.